The van der Waals surface area contributed by atoms with E-state index in [1.54, 1.807) is 6.07 Å². The number of hydrogen-bond donors (Lipinski definition) is 2. The lowest BCUT2D eigenvalue weighted by molar-refractivity contribution is 0.0925. The summed E-state index contributed by atoms with van der Waals surface area (Å²) in [5, 5.41) is 12.3. The van der Waals surface area contributed by atoms with E-state index < -0.39 is 0 Å². The maximum Gasteiger partial charge on any atom is 0.273 e. The van der Waals surface area contributed by atoms with Gasteiger partial charge in [-0.1, -0.05) is 20.3 Å². The number of rotatable bonds is 5. The summed E-state index contributed by atoms with van der Waals surface area (Å²) < 4.78 is 0. The van der Waals surface area contributed by atoms with Gasteiger partial charge in [-0.05, 0) is 25.0 Å². The highest BCUT2D eigenvalue weighted by Crippen LogP contribution is 2.13. The van der Waals surface area contributed by atoms with Crippen molar-refractivity contribution >= 4 is 5.91 Å². The molecule has 0 aromatic carbocycles. The Morgan fingerprint density at radius 2 is 2.31 bits per heavy atom. The first-order valence-electron chi connectivity index (χ1n) is 5.63. The molecule has 0 aliphatic carbocycles. The zero-order valence-corrected chi connectivity index (χ0v) is 9.73. The minimum atomic E-state index is -0.307. The Labute approximate surface area is 95.7 Å². The van der Waals surface area contributed by atoms with E-state index in [0.717, 1.165) is 19.3 Å². The number of carbonyl (C=O) groups excluding carboxylic acids is 1. The van der Waals surface area contributed by atoms with Crippen LogP contribution >= 0.6 is 0 Å². The first-order chi connectivity index (χ1) is 7.69. The zero-order valence-electron chi connectivity index (χ0n) is 9.73. The molecule has 1 unspecified atom stereocenters. The molecule has 1 aromatic heterocycles. The summed E-state index contributed by atoms with van der Waals surface area (Å²) in [5.41, 5.74) is 0.0945. The zero-order chi connectivity index (χ0) is 12.0. The smallest absolute Gasteiger partial charge is 0.273 e. The molecule has 0 aliphatic rings. The molecule has 16 heavy (non-hydrogen) atoms. The topological polar surface area (TPSA) is 62.2 Å². The van der Waals surface area contributed by atoms with Crippen molar-refractivity contribution < 1.29 is 9.90 Å². The van der Waals surface area contributed by atoms with Crippen molar-refractivity contribution in [1.82, 2.24) is 10.3 Å². The number of amides is 1. The van der Waals surface area contributed by atoms with Crippen molar-refractivity contribution in [2.45, 2.75) is 39.2 Å². The van der Waals surface area contributed by atoms with Gasteiger partial charge in [-0.25, -0.2) is 4.98 Å². The molecule has 0 radical (unpaired) electrons. The highest BCUT2D eigenvalue weighted by molar-refractivity contribution is 5.94. The molecule has 88 valence electrons. The first kappa shape index (κ1) is 12.5. The van der Waals surface area contributed by atoms with Gasteiger partial charge in [-0.15, -0.1) is 0 Å². The largest absolute Gasteiger partial charge is 0.505 e. The predicted molar refractivity (Wildman–Crippen MR) is 62.4 cm³/mol. The van der Waals surface area contributed by atoms with Gasteiger partial charge in [0.15, 0.2) is 5.69 Å². The van der Waals surface area contributed by atoms with Crippen LogP contribution in [0.3, 0.4) is 0 Å². The summed E-state index contributed by atoms with van der Waals surface area (Å²) in [6.07, 6.45) is 4.34. The Balaban J connectivity index is 2.68. The highest BCUT2D eigenvalue weighted by Gasteiger charge is 2.15. The van der Waals surface area contributed by atoms with Crippen LogP contribution in [-0.4, -0.2) is 22.0 Å². The van der Waals surface area contributed by atoms with Crippen LogP contribution in [0.25, 0.3) is 0 Å². The van der Waals surface area contributed by atoms with Gasteiger partial charge in [0.25, 0.3) is 5.91 Å². The molecule has 0 bridgehead atoms. The van der Waals surface area contributed by atoms with Gasteiger partial charge in [-0.2, -0.15) is 0 Å². The summed E-state index contributed by atoms with van der Waals surface area (Å²) >= 11 is 0. The lowest BCUT2D eigenvalue weighted by atomic mass is 10.1. The fourth-order valence-electron chi connectivity index (χ4n) is 1.55. The number of aromatic hydroxyl groups is 1. The molecule has 1 amide bonds. The molecule has 0 fully saturated rings. The van der Waals surface area contributed by atoms with E-state index in [0.29, 0.717) is 0 Å². The van der Waals surface area contributed by atoms with Gasteiger partial charge in [0, 0.05) is 12.2 Å². The Morgan fingerprint density at radius 3 is 2.88 bits per heavy atom. The van der Waals surface area contributed by atoms with Crippen LogP contribution in [0.4, 0.5) is 0 Å². The molecule has 2 N–H and O–H groups in total. The second-order valence-corrected chi connectivity index (χ2v) is 3.74. The minimum absolute atomic E-state index is 0.0775. The van der Waals surface area contributed by atoms with Crippen LogP contribution < -0.4 is 5.32 Å². The van der Waals surface area contributed by atoms with Crippen LogP contribution in [0.1, 0.15) is 43.6 Å². The molecular formula is C12H18N2O2. The SMILES string of the molecule is CCCC(CC)NC(=O)c1ncccc1O. The van der Waals surface area contributed by atoms with Crippen LogP contribution in [0, 0.1) is 0 Å². The lowest BCUT2D eigenvalue weighted by Crippen LogP contribution is -2.34. The number of nitrogens with one attached hydrogen (secondary N) is 1. The van der Waals surface area contributed by atoms with E-state index >= 15 is 0 Å². The third-order valence-corrected chi connectivity index (χ3v) is 2.47. The van der Waals surface area contributed by atoms with Gasteiger partial charge in [0.05, 0.1) is 0 Å². The van der Waals surface area contributed by atoms with Gasteiger partial charge in [-0.3, -0.25) is 4.79 Å². The quantitative estimate of drug-likeness (QED) is 0.802. The van der Waals surface area contributed by atoms with Gasteiger partial charge >= 0.3 is 0 Å². The van der Waals surface area contributed by atoms with E-state index in [-0.39, 0.29) is 23.4 Å². The number of carbonyl (C=O) groups is 1. The van der Waals surface area contributed by atoms with Crippen LogP contribution in [-0.2, 0) is 0 Å². The summed E-state index contributed by atoms with van der Waals surface area (Å²) in [7, 11) is 0. The van der Waals surface area contributed by atoms with Gasteiger partial charge in [0.2, 0.25) is 0 Å². The van der Waals surface area contributed by atoms with Crippen molar-refractivity contribution in [3.05, 3.63) is 24.0 Å². The average Bonchev–Trinajstić information content (AvgIpc) is 2.28. The molecule has 0 saturated heterocycles. The van der Waals surface area contributed by atoms with Crippen LogP contribution in [0.15, 0.2) is 18.3 Å². The van der Waals surface area contributed by atoms with E-state index in [2.05, 4.69) is 17.2 Å². The Morgan fingerprint density at radius 1 is 1.56 bits per heavy atom. The number of aromatic nitrogens is 1. The van der Waals surface area contributed by atoms with E-state index in [4.69, 9.17) is 0 Å². The Bertz CT molecular complexity index is 353. The van der Waals surface area contributed by atoms with E-state index in [1.807, 2.05) is 6.92 Å². The number of nitrogens with zero attached hydrogens (tertiary/aromatic N) is 1. The summed E-state index contributed by atoms with van der Waals surface area (Å²) in [6, 6.07) is 3.21. The fourth-order valence-corrected chi connectivity index (χ4v) is 1.55. The molecule has 1 atom stereocenters. The summed E-state index contributed by atoms with van der Waals surface area (Å²) in [6.45, 7) is 4.10. The maximum absolute atomic E-state index is 11.8. The van der Waals surface area contributed by atoms with Gasteiger partial charge in [0.1, 0.15) is 5.75 Å². The van der Waals surface area contributed by atoms with Crippen molar-refractivity contribution in [3.8, 4) is 5.75 Å². The van der Waals surface area contributed by atoms with E-state index in [9.17, 15) is 9.90 Å². The van der Waals surface area contributed by atoms with Crippen molar-refractivity contribution in [2.24, 2.45) is 0 Å². The highest BCUT2D eigenvalue weighted by atomic mass is 16.3. The predicted octanol–water partition coefficient (Wildman–Crippen LogP) is 2.10. The lowest BCUT2D eigenvalue weighted by Gasteiger charge is -2.15. The summed E-state index contributed by atoms with van der Waals surface area (Å²) in [5.74, 6) is -0.384. The maximum atomic E-state index is 11.8. The molecular weight excluding hydrogens is 204 g/mol. The standard InChI is InChI=1S/C12H18N2O2/c1-3-6-9(4-2)14-12(16)11-10(15)7-5-8-13-11/h5,7-9,15H,3-4,6H2,1-2H3,(H,14,16). The molecule has 1 rings (SSSR count). The van der Waals surface area contributed by atoms with Gasteiger partial charge < -0.3 is 10.4 Å². The molecule has 1 aromatic rings. The fraction of sp³-hybridized carbons (Fsp3) is 0.500. The Hall–Kier alpha value is -1.58. The average molecular weight is 222 g/mol. The molecule has 1 heterocycles. The third-order valence-electron chi connectivity index (χ3n) is 2.47. The Kier molecular flexibility index (Phi) is 4.76. The first-order valence-corrected chi connectivity index (χ1v) is 5.63. The second-order valence-electron chi connectivity index (χ2n) is 3.74. The monoisotopic (exact) mass is 222 g/mol. The molecule has 0 aliphatic heterocycles. The van der Waals surface area contributed by atoms with Crippen molar-refractivity contribution in [2.75, 3.05) is 0 Å². The molecule has 0 saturated carbocycles. The van der Waals surface area contributed by atoms with Crippen molar-refractivity contribution in [1.29, 1.82) is 0 Å². The molecule has 4 nitrogen and oxygen atoms in total. The van der Waals surface area contributed by atoms with Crippen LogP contribution in [0.2, 0.25) is 0 Å². The van der Waals surface area contributed by atoms with Crippen molar-refractivity contribution in [3.63, 3.8) is 0 Å². The third kappa shape index (κ3) is 3.22. The number of pyridine rings is 1. The summed E-state index contributed by atoms with van der Waals surface area (Å²) in [4.78, 5) is 15.6. The molecule has 0 spiro atoms. The normalized spacial score (nSPS) is 12.1. The van der Waals surface area contributed by atoms with Crippen LogP contribution in [0.5, 0.6) is 5.75 Å². The molecule has 4 heteroatoms. The number of hydrogen-bond acceptors (Lipinski definition) is 3. The van der Waals surface area contributed by atoms with E-state index in [1.165, 1.54) is 12.3 Å². The minimum Gasteiger partial charge on any atom is -0.505 e. The second kappa shape index (κ2) is 6.10.